The third-order valence-electron chi connectivity index (χ3n) is 9.98. The summed E-state index contributed by atoms with van der Waals surface area (Å²) in [6.45, 7) is 0. The van der Waals surface area contributed by atoms with Crippen LogP contribution in [0.3, 0.4) is 0 Å². The highest BCUT2D eigenvalue weighted by atomic mass is 15.0. The molecule has 0 aliphatic heterocycles. The molecule has 9 aromatic rings. The highest BCUT2D eigenvalue weighted by Crippen LogP contribution is 2.44. The molecule has 10 rings (SSSR count). The number of aromatic nitrogens is 2. The lowest BCUT2D eigenvalue weighted by Gasteiger charge is -2.21. The van der Waals surface area contributed by atoms with E-state index in [0.29, 0.717) is 0 Å². The average molecular weight is 587 g/mol. The van der Waals surface area contributed by atoms with Crippen molar-refractivity contribution in [3.8, 4) is 22.5 Å². The van der Waals surface area contributed by atoms with Crippen LogP contribution in [-0.2, 0) is 6.42 Å². The Morgan fingerprint density at radius 3 is 1.48 bits per heavy atom. The van der Waals surface area contributed by atoms with Gasteiger partial charge in [-0.1, -0.05) is 121 Å². The molecule has 1 aliphatic carbocycles. The summed E-state index contributed by atoms with van der Waals surface area (Å²) in [5.74, 6) is 0. The van der Waals surface area contributed by atoms with E-state index in [1.54, 1.807) is 0 Å². The van der Waals surface area contributed by atoms with Gasteiger partial charge in [0.25, 0.3) is 0 Å². The topological polar surface area (TPSA) is 9.86 Å². The molecular formula is C44H30N2. The van der Waals surface area contributed by atoms with Gasteiger partial charge in [0.15, 0.2) is 0 Å². The zero-order valence-electron chi connectivity index (χ0n) is 25.3. The molecule has 0 bridgehead atoms. The van der Waals surface area contributed by atoms with Crippen molar-refractivity contribution in [1.82, 2.24) is 9.13 Å². The molecule has 0 fully saturated rings. The summed E-state index contributed by atoms with van der Waals surface area (Å²) in [5, 5.41) is 9.00. The van der Waals surface area contributed by atoms with Crippen molar-refractivity contribution in [2.45, 2.75) is 12.8 Å². The maximum Gasteiger partial charge on any atom is 0.0619 e. The minimum atomic E-state index is 1.08. The van der Waals surface area contributed by atoms with Crippen molar-refractivity contribution in [2.24, 2.45) is 0 Å². The fourth-order valence-electron chi connectivity index (χ4n) is 8.06. The fraction of sp³-hybridized carbons (Fsp3) is 0.0455. The average Bonchev–Trinajstić information content (AvgIpc) is 3.64. The number of para-hydroxylation sites is 3. The molecule has 2 aromatic heterocycles. The Bertz CT molecular complexity index is 2570. The van der Waals surface area contributed by atoms with Crippen molar-refractivity contribution >= 4 is 60.3 Å². The normalized spacial score (nSPS) is 13.0. The quantitative estimate of drug-likeness (QED) is 0.182. The molecule has 2 heterocycles. The Morgan fingerprint density at radius 2 is 0.891 bits per heavy atom. The Morgan fingerprint density at radius 1 is 0.413 bits per heavy atom. The van der Waals surface area contributed by atoms with Gasteiger partial charge in [0, 0.05) is 38.3 Å². The maximum absolute atomic E-state index is 2.53. The lowest BCUT2D eigenvalue weighted by atomic mass is 9.90. The summed E-state index contributed by atoms with van der Waals surface area (Å²) < 4.78 is 4.92. The molecule has 2 nitrogen and oxygen atoms in total. The molecule has 0 unspecified atom stereocenters. The van der Waals surface area contributed by atoms with Gasteiger partial charge in [-0.05, 0) is 76.7 Å². The van der Waals surface area contributed by atoms with E-state index in [-0.39, 0.29) is 0 Å². The van der Waals surface area contributed by atoms with Crippen molar-refractivity contribution in [3.63, 3.8) is 0 Å². The van der Waals surface area contributed by atoms with Crippen LogP contribution in [-0.4, -0.2) is 9.13 Å². The number of allylic oxidation sites excluding steroid dienone is 1. The van der Waals surface area contributed by atoms with Crippen LogP contribution in [0.25, 0.3) is 82.8 Å². The molecule has 216 valence electrons. The van der Waals surface area contributed by atoms with Crippen molar-refractivity contribution in [1.29, 1.82) is 0 Å². The Hall–Kier alpha value is -5.86. The Labute approximate surface area is 267 Å². The van der Waals surface area contributed by atoms with E-state index < -0.39 is 0 Å². The molecule has 0 saturated heterocycles. The number of hydrogen-bond donors (Lipinski definition) is 0. The molecule has 0 atom stereocenters. The number of fused-ring (bicyclic) bond motifs is 8. The van der Waals surface area contributed by atoms with Gasteiger partial charge in [0.05, 0.1) is 22.2 Å². The van der Waals surface area contributed by atoms with Crippen LogP contribution >= 0.6 is 0 Å². The monoisotopic (exact) mass is 586 g/mol. The predicted octanol–water partition coefficient (Wildman–Crippen LogP) is 11.7. The van der Waals surface area contributed by atoms with E-state index in [1.807, 2.05) is 0 Å². The van der Waals surface area contributed by atoms with Crippen LogP contribution in [0.4, 0.5) is 0 Å². The number of benzene rings is 7. The lowest BCUT2D eigenvalue weighted by Crippen LogP contribution is -2.03. The number of aryl methyl sites for hydroxylation is 1. The van der Waals surface area contributed by atoms with Crippen LogP contribution in [0.15, 0.2) is 152 Å². The summed E-state index contributed by atoms with van der Waals surface area (Å²) >= 11 is 0. The van der Waals surface area contributed by atoms with E-state index in [1.165, 1.54) is 88.0 Å². The summed E-state index contributed by atoms with van der Waals surface area (Å²) in [5.41, 5.74) is 11.4. The Kier molecular flexibility index (Phi) is 5.44. The largest absolute Gasteiger partial charge is 0.309 e. The smallest absolute Gasteiger partial charge is 0.0619 e. The van der Waals surface area contributed by atoms with E-state index in [4.69, 9.17) is 0 Å². The van der Waals surface area contributed by atoms with E-state index >= 15 is 0 Å². The summed E-state index contributed by atoms with van der Waals surface area (Å²) in [6, 6.07) is 53.5. The second-order valence-corrected chi connectivity index (χ2v) is 12.4. The van der Waals surface area contributed by atoms with Crippen molar-refractivity contribution in [3.05, 3.63) is 163 Å². The first kappa shape index (κ1) is 25.5. The van der Waals surface area contributed by atoms with Gasteiger partial charge in [0.2, 0.25) is 0 Å². The molecule has 0 N–H and O–H groups in total. The van der Waals surface area contributed by atoms with E-state index in [2.05, 4.69) is 167 Å². The minimum absolute atomic E-state index is 1.08. The van der Waals surface area contributed by atoms with Crippen LogP contribution in [0.1, 0.15) is 17.7 Å². The second-order valence-electron chi connectivity index (χ2n) is 12.4. The fourth-order valence-corrected chi connectivity index (χ4v) is 8.06. The van der Waals surface area contributed by atoms with Gasteiger partial charge in [0.1, 0.15) is 0 Å². The molecule has 0 radical (unpaired) electrons. The summed E-state index contributed by atoms with van der Waals surface area (Å²) in [7, 11) is 0. The van der Waals surface area contributed by atoms with Gasteiger partial charge in [-0.15, -0.1) is 0 Å². The second kappa shape index (κ2) is 9.82. The first-order chi connectivity index (χ1) is 22.9. The molecule has 0 amide bonds. The molecule has 0 spiro atoms. The van der Waals surface area contributed by atoms with Crippen LogP contribution in [0.5, 0.6) is 0 Å². The van der Waals surface area contributed by atoms with Gasteiger partial charge in [-0.25, -0.2) is 0 Å². The molecule has 7 aromatic carbocycles. The third kappa shape index (κ3) is 3.53. The first-order valence-electron chi connectivity index (χ1n) is 16.2. The van der Waals surface area contributed by atoms with Gasteiger partial charge < -0.3 is 9.13 Å². The molecule has 1 aliphatic rings. The zero-order chi connectivity index (χ0) is 30.2. The number of hydrogen-bond acceptors (Lipinski definition) is 0. The number of rotatable bonds is 3. The summed E-state index contributed by atoms with van der Waals surface area (Å²) in [4.78, 5) is 0. The van der Waals surface area contributed by atoms with Crippen molar-refractivity contribution in [2.75, 3.05) is 0 Å². The predicted molar refractivity (Wildman–Crippen MR) is 195 cm³/mol. The van der Waals surface area contributed by atoms with Crippen LogP contribution < -0.4 is 0 Å². The van der Waals surface area contributed by atoms with E-state index in [9.17, 15) is 0 Å². The SMILES string of the molecule is C1=Cc2c(c3ccccc3n2-c2c3ccccc3c(-c3ccc(-n4c5ccccc5c5ccccc54)cc3)c3ccccc23)CC1. The number of nitrogens with zero attached hydrogens (tertiary/aromatic N) is 2. The first-order valence-corrected chi connectivity index (χ1v) is 16.2. The van der Waals surface area contributed by atoms with Gasteiger partial charge >= 0.3 is 0 Å². The molecule has 2 heteroatoms. The van der Waals surface area contributed by atoms with E-state index in [0.717, 1.165) is 12.8 Å². The Balaban J connectivity index is 1.24. The standard InChI is InChI=1S/C44H30N2/c1-3-19-37-35(17-1)43(29-25-27-30(28-26-29)45-39-21-9-5-13-31(39)32-14-6-10-22-40(32)45)36-18-2-4-20-38(36)44(37)46-41-23-11-7-15-33(41)34-16-8-12-24-42(34)46/h1-7,9-15,17-28H,8,16H2. The maximum atomic E-state index is 2.53. The highest BCUT2D eigenvalue weighted by molar-refractivity contribution is 6.19. The van der Waals surface area contributed by atoms with Gasteiger partial charge in [-0.2, -0.15) is 0 Å². The summed E-state index contributed by atoms with van der Waals surface area (Å²) in [6.07, 6.45) is 6.83. The lowest BCUT2D eigenvalue weighted by molar-refractivity contribution is 0.971. The molecule has 0 saturated carbocycles. The molecule has 46 heavy (non-hydrogen) atoms. The van der Waals surface area contributed by atoms with Gasteiger partial charge in [-0.3, -0.25) is 0 Å². The van der Waals surface area contributed by atoms with Crippen LogP contribution in [0.2, 0.25) is 0 Å². The van der Waals surface area contributed by atoms with Crippen LogP contribution in [0, 0.1) is 0 Å². The minimum Gasteiger partial charge on any atom is -0.309 e. The zero-order valence-corrected chi connectivity index (χ0v) is 25.3. The molecular weight excluding hydrogens is 556 g/mol. The third-order valence-corrected chi connectivity index (χ3v) is 9.98. The van der Waals surface area contributed by atoms with Crippen molar-refractivity contribution < 1.29 is 0 Å². The highest BCUT2D eigenvalue weighted by Gasteiger charge is 2.23.